The van der Waals surface area contributed by atoms with E-state index in [1.54, 1.807) is 30.3 Å². The van der Waals surface area contributed by atoms with Gasteiger partial charge in [0.1, 0.15) is 0 Å². The Balaban J connectivity index is 1.98. The average Bonchev–Trinajstić information content (AvgIpc) is 2.69. The Labute approximate surface area is 174 Å². The first-order valence-corrected chi connectivity index (χ1v) is 12.4. The zero-order valence-electron chi connectivity index (χ0n) is 15.4. The van der Waals surface area contributed by atoms with Crippen LogP contribution >= 0.6 is 11.6 Å². The molecule has 150 valence electrons. The van der Waals surface area contributed by atoms with Crippen molar-refractivity contribution >= 4 is 37.1 Å². The lowest BCUT2D eigenvalue weighted by Crippen LogP contribution is -2.11. The zero-order valence-corrected chi connectivity index (χ0v) is 17.8. The molecule has 0 saturated carbocycles. The van der Waals surface area contributed by atoms with Gasteiger partial charge in [0.25, 0.3) is 0 Å². The number of halogens is 1. The Morgan fingerprint density at radius 1 is 0.828 bits per heavy atom. The lowest BCUT2D eigenvalue weighted by atomic mass is 9.99. The molecule has 0 atom stereocenters. The second-order valence-electron chi connectivity index (χ2n) is 6.50. The lowest BCUT2D eigenvalue weighted by molar-refractivity contribution is 0.103. The Hall–Kier alpha value is -2.48. The van der Waals surface area contributed by atoms with E-state index >= 15 is 0 Å². The summed E-state index contributed by atoms with van der Waals surface area (Å²) in [5.74, 6) is -0.748. The van der Waals surface area contributed by atoms with Gasteiger partial charge in [-0.25, -0.2) is 16.8 Å². The van der Waals surface area contributed by atoms with Gasteiger partial charge in [0.2, 0.25) is 0 Å². The van der Waals surface area contributed by atoms with E-state index in [2.05, 4.69) is 0 Å². The molecule has 0 aliphatic heterocycles. The first kappa shape index (κ1) is 21.2. The summed E-state index contributed by atoms with van der Waals surface area (Å²) in [6.07, 6.45) is 1.05. The molecule has 0 heterocycles. The average molecular weight is 449 g/mol. The Kier molecular flexibility index (Phi) is 5.93. The maximum absolute atomic E-state index is 12.9. The van der Waals surface area contributed by atoms with Crippen LogP contribution in [0.15, 0.2) is 82.6 Å². The molecule has 0 bridgehead atoms. The molecule has 3 rings (SSSR count). The van der Waals surface area contributed by atoms with Crippen LogP contribution in [-0.2, 0) is 25.4 Å². The van der Waals surface area contributed by atoms with Crippen molar-refractivity contribution in [2.75, 3.05) is 6.26 Å². The van der Waals surface area contributed by atoms with E-state index in [4.69, 9.17) is 11.6 Å². The van der Waals surface area contributed by atoms with Crippen LogP contribution in [0, 0.1) is 0 Å². The fourth-order valence-corrected chi connectivity index (χ4v) is 4.99. The first-order chi connectivity index (χ1) is 13.6. The number of rotatable bonds is 6. The van der Waals surface area contributed by atoms with Crippen molar-refractivity contribution in [3.63, 3.8) is 0 Å². The summed E-state index contributed by atoms with van der Waals surface area (Å²) in [5.41, 5.74) is 0.946. The van der Waals surface area contributed by atoms with Crippen molar-refractivity contribution in [1.29, 1.82) is 0 Å². The van der Waals surface area contributed by atoms with Crippen LogP contribution < -0.4 is 0 Å². The van der Waals surface area contributed by atoms with Gasteiger partial charge >= 0.3 is 0 Å². The van der Waals surface area contributed by atoms with Crippen molar-refractivity contribution in [3.05, 3.63) is 94.5 Å². The summed E-state index contributed by atoms with van der Waals surface area (Å²) < 4.78 is 48.9. The predicted molar refractivity (Wildman–Crippen MR) is 112 cm³/mol. The van der Waals surface area contributed by atoms with E-state index in [0.29, 0.717) is 16.1 Å². The summed E-state index contributed by atoms with van der Waals surface area (Å²) in [6, 6.07) is 18.0. The molecule has 5 nitrogen and oxygen atoms in total. The Morgan fingerprint density at radius 2 is 1.41 bits per heavy atom. The van der Waals surface area contributed by atoms with Crippen LogP contribution in [0.3, 0.4) is 0 Å². The molecular formula is C21H17ClO5S2. The molecule has 3 aromatic carbocycles. The molecule has 0 N–H and O–H groups in total. The summed E-state index contributed by atoms with van der Waals surface area (Å²) in [5, 5.41) is 0.322. The molecule has 3 aromatic rings. The third-order valence-electron chi connectivity index (χ3n) is 4.31. The standard InChI is InChI=1S/C21H17ClO5S2/c1-28(24,25)18-9-11-19(12-10-18)29(26,27)14-16-7-8-17(22)13-20(16)21(23)15-5-3-2-4-6-15/h2-13H,14H2,1H3. The van der Waals surface area contributed by atoms with Crippen LogP contribution in [0.25, 0.3) is 0 Å². The van der Waals surface area contributed by atoms with Crippen LogP contribution in [0.2, 0.25) is 5.02 Å². The van der Waals surface area contributed by atoms with Crippen LogP contribution in [-0.4, -0.2) is 28.9 Å². The number of hydrogen-bond acceptors (Lipinski definition) is 5. The highest BCUT2D eigenvalue weighted by molar-refractivity contribution is 7.91. The van der Waals surface area contributed by atoms with Gasteiger partial charge in [0.15, 0.2) is 25.5 Å². The minimum Gasteiger partial charge on any atom is -0.289 e. The van der Waals surface area contributed by atoms with E-state index in [1.165, 1.54) is 42.5 Å². The molecule has 0 aromatic heterocycles. The number of hydrogen-bond donors (Lipinski definition) is 0. The molecule has 0 aliphatic rings. The minimum atomic E-state index is -3.82. The molecule has 29 heavy (non-hydrogen) atoms. The number of carbonyl (C=O) groups excluding carboxylic acids is 1. The number of ketones is 1. The van der Waals surface area contributed by atoms with E-state index in [-0.39, 0.29) is 21.1 Å². The molecule has 0 unspecified atom stereocenters. The lowest BCUT2D eigenvalue weighted by Gasteiger charge is -2.11. The summed E-state index contributed by atoms with van der Waals surface area (Å²) >= 11 is 6.04. The quantitative estimate of drug-likeness (QED) is 0.533. The topological polar surface area (TPSA) is 85.3 Å². The maximum atomic E-state index is 12.9. The van der Waals surface area contributed by atoms with Gasteiger partial charge in [0, 0.05) is 22.4 Å². The Bertz CT molecular complexity index is 1260. The summed E-state index contributed by atoms with van der Waals surface area (Å²) in [4.78, 5) is 12.9. The molecule has 0 radical (unpaired) electrons. The summed E-state index contributed by atoms with van der Waals surface area (Å²) in [6.45, 7) is 0. The second-order valence-corrected chi connectivity index (χ2v) is 10.9. The second kappa shape index (κ2) is 8.10. The van der Waals surface area contributed by atoms with Gasteiger partial charge < -0.3 is 0 Å². The number of sulfone groups is 2. The normalized spacial score (nSPS) is 11.9. The molecule has 0 saturated heterocycles. The van der Waals surface area contributed by atoms with Crippen LogP contribution in [0.4, 0.5) is 0 Å². The smallest absolute Gasteiger partial charge is 0.193 e. The van der Waals surface area contributed by atoms with E-state index in [9.17, 15) is 21.6 Å². The maximum Gasteiger partial charge on any atom is 0.193 e. The molecule has 0 fully saturated rings. The van der Waals surface area contributed by atoms with Crippen molar-refractivity contribution in [2.24, 2.45) is 0 Å². The van der Waals surface area contributed by atoms with Gasteiger partial charge in [-0.05, 0) is 42.0 Å². The predicted octanol–water partition coefficient (Wildman–Crippen LogP) is 3.95. The van der Waals surface area contributed by atoms with Crippen molar-refractivity contribution < 1.29 is 21.6 Å². The first-order valence-electron chi connectivity index (χ1n) is 8.49. The van der Waals surface area contributed by atoms with Gasteiger partial charge in [-0.1, -0.05) is 48.0 Å². The van der Waals surface area contributed by atoms with Crippen molar-refractivity contribution in [1.82, 2.24) is 0 Å². The molecule has 8 heteroatoms. The monoisotopic (exact) mass is 448 g/mol. The fraction of sp³-hybridized carbons (Fsp3) is 0.0952. The highest BCUT2D eigenvalue weighted by Gasteiger charge is 2.21. The van der Waals surface area contributed by atoms with Gasteiger partial charge in [-0.3, -0.25) is 4.79 Å². The van der Waals surface area contributed by atoms with Crippen LogP contribution in [0.5, 0.6) is 0 Å². The minimum absolute atomic E-state index is 0.0297. The van der Waals surface area contributed by atoms with Gasteiger partial charge in [-0.15, -0.1) is 0 Å². The van der Waals surface area contributed by atoms with E-state index in [1.807, 2.05) is 0 Å². The van der Waals surface area contributed by atoms with E-state index in [0.717, 1.165) is 6.26 Å². The number of carbonyl (C=O) groups is 1. The molecular weight excluding hydrogens is 432 g/mol. The highest BCUT2D eigenvalue weighted by atomic mass is 35.5. The van der Waals surface area contributed by atoms with Gasteiger partial charge in [-0.2, -0.15) is 0 Å². The Morgan fingerprint density at radius 3 is 2.00 bits per heavy atom. The third kappa shape index (κ3) is 4.93. The molecule has 0 aliphatic carbocycles. The van der Waals surface area contributed by atoms with Gasteiger partial charge in [0.05, 0.1) is 15.5 Å². The highest BCUT2D eigenvalue weighted by Crippen LogP contribution is 2.25. The van der Waals surface area contributed by atoms with Crippen molar-refractivity contribution in [3.8, 4) is 0 Å². The third-order valence-corrected chi connectivity index (χ3v) is 7.35. The van der Waals surface area contributed by atoms with Crippen molar-refractivity contribution in [2.45, 2.75) is 15.5 Å². The number of benzene rings is 3. The SMILES string of the molecule is CS(=O)(=O)c1ccc(S(=O)(=O)Cc2ccc(Cl)cc2C(=O)c2ccccc2)cc1. The fourth-order valence-electron chi connectivity index (χ4n) is 2.81. The molecule has 0 spiro atoms. The zero-order chi connectivity index (χ0) is 21.2. The van der Waals surface area contributed by atoms with E-state index < -0.39 is 25.4 Å². The van der Waals surface area contributed by atoms with Crippen LogP contribution in [0.1, 0.15) is 21.5 Å². The summed E-state index contributed by atoms with van der Waals surface area (Å²) in [7, 11) is -7.25. The largest absolute Gasteiger partial charge is 0.289 e. The molecule has 0 amide bonds.